The lowest BCUT2D eigenvalue weighted by Crippen LogP contribution is -2.44. The molecule has 1 aliphatic carbocycles. The summed E-state index contributed by atoms with van der Waals surface area (Å²) in [6.45, 7) is 9.03. The Bertz CT molecular complexity index is 221. The fourth-order valence-corrected chi connectivity index (χ4v) is 2.94. The fraction of sp³-hybridized carbons (Fsp3) is 1.00. The molecule has 2 nitrogen and oxygen atoms in total. The Labute approximate surface area is 100 Å². The van der Waals surface area contributed by atoms with Crippen molar-refractivity contribution < 1.29 is 4.74 Å². The van der Waals surface area contributed by atoms with Gasteiger partial charge in [-0.25, -0.2) is 0 Å². The summed E-state index contributed by atoms with van der Waals surface area (Å²) in [6.07, 6.45) is 7.85. The van der Waals surface area contributed by atoms with Crippen LogP contribution in [0.4, 0.5) is 0 Å². The third kappa shape index (κ3) is 3.21. The van der Waals surface area contributed by atoms with Crippen LogP contribution in [0.1, 0.15) is 59.3 Å². The van der Waals surface area contributed by atoms with Crippen LogP contribution in [0.2, 0.25) is 0 Å². The lowest BCUT2D eigenvalue weighted by Gasteiger charge is -2.36. The molecule has 16 heavy (non-hydrogen) atoms. The van der Waals surface area contributed by atoms with E-state index in [2.05, 4.69) is 26.1 Å². The molecule has 2 fully saturated rings. The highest BCUT2D eigenvalue weighted by molar-refractivity contribution is 4.87. The molecular formula is C14H27NO. The first kappa shape index (κ1) is 12.4. The van der Waals surface area contributed by atoms with Gasteiger partial charge in [-0.15, -0.1) is 0 Å². The van der Waals surface area contributed by atoms with E-state index in [1.807, 2.05) is 0 Å². The third-order valence-corrected chi connectivity index (χ3v) is 4.40. The van der Waals surface area contributed by atoms with Crippen LogP contribution in [0, 0.1) is 5.41 Å². The highest BCUT2D eigenvalue weighted by atomic mass is 16.5. The van der Waals surface area contributed by atoms with E-state index in [-0.39, 0.29) is 5.60 Å². The summed E-state index contributed by atoms with van der Waals surface area (Å²) in [5, 5.41) is 3.72. The highest BCUT2D eigenvalue weighted by Crippen LogP contribution is 2.35. The molecule has 0 radical (unpaired) electrons. The molecule has 1 aliphatic heterocycles. The topological polar surface area (TPSA) is 21.3 Å². The molecular weight excluding hydrogens is 198 g/mol. The van der Waals surface area contributed by atoms with Crippen molar-refractivity contribution in [3.8, 4) is 0 Å². The first-order chi connectivity index (χ1) is 7.49. The SMILES string of the molecule is CC1(C)CCC(NCC2(C)CCCO2)CC1. The van der Waals surface area contributed by atoms with Crippen LogP contribution >= 0.6 is 0 Å². The summed E-state index contributed by atoms with van der Waals surface area (Å²) >= 11 is 0. The fourth-order valence-electron chi connectivity index (χ4n) is 2.94. The van der Waals surface area contributed by atoms with Gasteiger partial charge < -0.3 is 10.1 Å². The minimum atomic E-state index is 0.118. The zero-order valence-corrected chi connectivity index (χ0v) is 11.1. The molecule has 1 saturated heterocycles. The van der Waals surface area contributed by atoms with E-state index in [4.69, 9.17) is 4.74 Å². The second-order valence-electron chi connectivity index (χ2n) is 6.72. The largest absolute Gasteiger partial charge is 0.374 e. The Kier molecular flexibility index (Phi) is 3.60. The molecule has 0 bridgehead atoms. The normalized spacial score (nSPS) is 35.4. The van der Waals surface area contributed by atoms with Gasteiger partial charge in [0.15, 0.2) is 0 Å². The van der Waals surface area contributed by atoms with E-state index in [9.17, 15) is 0 Å². The minimum Gasteiger partial charge on any atom is -0.374 e. The quantitative estimate of drug-likeness (QED) is 0.797. The van der Waals surface area contributed by atoms with E-state index in [0.29, 0.717) is 5.41 Å². The standard InChI is InChI=1S/C14H27NO/c1-13(2)8-5-12(6-9-13)15-11-14(3)7-4-10-16-14/h12,15H,4-11H2,1-3H3. The lowest BCUT2D eigenvalue weighted by atomic mass is 9.75. The third-order valence-electron chi connectivity index (χ3n) is 4.40. The van der Waals surface area contributed by atoms with Crippen LogP contribution in [0.15, 0.2) is 0 Å². The summed E-state index contributed by atoms with van der Waals surface area (Å²) in [5.74, 6) is 0. The van der Waals surface area contributed by atoms with Crippen LogP contribution in [0.25, 0.3) is 0 Å². The number of hydrogen-bond donors (Lipinski definition) is 1. The molecule has 1 N–H and O–H groups in total. The Hall–Kier alpha value is -0.0800. The maximum atomic E-state index is 5.81. The van der Waals surface area contributed by atoms with Gasteiger partial charge in [-0.1, -0.05) is 13.8 Å². The first-order valence-electron chi connectivity index (χ1n) is 6.87. The number of nitrogens with one attached hydrogen (secondary N) is 1. The van der Waals surface area contributed by atoms with Gasteiger partial charge >= 0.3 is 0 Å². The summed E-state index contributed by atoms with van der Waals surface area (Å²) in [7, 11) is 0. The Balaban J connectivity index is 1.71. The molecule has 2 heteroatoms. The van der Waals surface area contributed by atoms with E-state index >= 15 is 0 Å². The zero-order chi connectivity index (χ0) is 11.6. The molecule has 1 atom stereocenters. The molecule has 2 rings (SSSR count). The van der Waals surface area contributed by atoms with Crippen molar-refractivity contribution in [3.05, 3.63) is 0 Å². The molecule has 1 heterocycles. The van der Waals surface area contributed by atoms with Gasteiger partial charge in [-0.3, -0.25) is 0 Å². The summed E-state index contributed by atoms with van der Waals surface area (Å²) in [6, 6.07) is 0.731. The lowest BCUT2D eigenvalue weighted by molar-refractivity contribution is 0.0166. The predicted octanol–water partition coefficient (Wildman–Crippen LogP) is 3.11. The molecule has 0 amide bonds. The van der Waals surface area contributed by atoms with Crippen molar-refractivity contribution in [2.45, 2.75) is 70.9 Å². The second-order valence-corrected chi connectivity index (χ2v) is 6.72. The average molecular weight is 225 g/mol. The van der Waals surface area contributed by atoms with E-state index in [0.717, 1.165) is 19.2 Å². The smallest absolute Gasteiger partial charge is 0.0779 e. The van der Waals surface area contributed by atoms with Crippen molar-refractivity contribution in [1.29, 1.82) is 0 Å². The molecule has 0 aromatic carbocycles. The van der Waals surface area contributed by atoms with Crippen molar-refractivity contribution in [3.63, 3.8) is 0 Å². The predicted molar refractivity (Wildman–Crippen MR) is 67.6 cm³/mol. The van der Waals surface area contributed by atoms with E-state index < -0.39 is 0 Å². The average Bonchev–Trinajstić information content (AvgIpc) is 2.64. The van der Waals surface area contributed by atoms with Crippen molar-refractivity contribution in [2.24, 2.45) is 5.41 Å². The van der Waals surface area contributed by atoms with Crippen LogP contribution in [-0.2, 0) is 4.74 Å². The van der Waals surface area contributed by atoms with Crippen LogP contribution in [0.5, 0.6) is 0 Å². The first-order valence-corrected chi connectivity index (χ1v) is 6.87. The van der Waals surface area contributed by atoms with E-state index in [1.165, 1.54) is 38.5 Å². The Morgan fingerprint density at radius 2 is 1.81 bits per heavy atom. The summed E-state index contributed by atoms with van der Waals surface area (Å²) in [4.78, 5) is 0. The monoisotopic (exact) mass is 225 g/mol. The van der Waals surface area contributed by atoms with Gasteiger partial charge in [0, 0.05) is 19.2 Å². The molecule has 1 unspecified atom stereocenters. The molecule has 2 aliphatic rings. The van der Waals surface area contributed by atoms with Gasteiger partial charge in [-0.05, 0) is 50.9 Å². The molecule has 0 spiro atoms. The summed E-state index contributed by atoms with van der Waals surface area (Å²) < 4.78 is 5.81. The minimum absolute atomic E-state index is 0.118. The van der Waals surface area contributed by atoms with Crippen LogP contribution in [0.3, 0.4) is 0 Å². The molecule has 0 aromatic heterocycles. The van der Waals surface area contributed by atoms with Gasteiger partial charge in [0.2, 0.25) is 0 Å². The maximum Gasteiger partial charge on any atom is 0.0779 e. The van der Waals surface area contributed by atoms with Crippen molar-refractivity contribution in [2.75, 3.05) is 13.2 Å². The van der Waals surface area contributed by atoms with E-state index in [1.54, 1.807) is 0 Å². The number of hydrogen-bond acceptors (Lipinski definition) is 2. The van der Waals surface area contributed by atoms with Gasteiger partial charge in [0.05, 0.1) is 5.60 Å². The van der Waals surface area contributed by atoms with Gasteiger partial charge in [0.25, 0.3) is 0 Å². The molecule has 0 aromatic rings. The van der Waals surface area contributed by atoms with Gasteiger partial charge in [0.1, 0.15) is 0 Å². The number of ether oxygens (including phenoxy) is 1. The van der Waals surface area contributed by atoms with Crippen molar-refractivity contribution in [1.82, 2.24) is 5.32 Å². The van der Waals surface area contributed by atoms with Crippen LogP contribution in [-0.4, -0.2) is 24.8 Å². The highest BCUT2D eigenvalue weighted by Gasteiger charge is 2.32. The summed E-state index contributed by atoms with van der Waals surface area (Å²) in [5.41, 5.74) is 0.693. The number of rotatable bonds is 3. The Morgan fingerprint density at radius 3 is 2.38 bits per heavy atom. The maximum absolute atomic E-state index is 5.81. The Morgan fingerprint density at radius 1 is 1.12 bits per heavy atom. The zero-order valence-electron chi connectivity index (χ0n) is 11.1. The van der Waals surface area contributed by atoms with Crippen LogP contribution < -0.4 is 5.32 Å². The molecule has 94 valence electrons. The molecule has 1 saturated carbocycles. The van der Waals surface area contributed by atoms with Crippen molar-refractivity contribution >= 4 is 0 Å². The second kappa shape index (κ2) is 4.66. The van der Waals surface area contributed by atoms with Gasteiger partial charge in [-0.2, -0.15) is 0 Å².